The van der Waals surface area contributed by atoms with E-state index in [2.05, 4.69) is 15.3 Å². The molecule has 0 radical (unpaired) electrons. The Hall–Kier alpha value is -1.53. The minimum absolute atomic E-state index is 0.0432. The fraction of sp³-hybridized carbons (Fsp3) is 0.333. The minimum Gasteiger partial charge on any atom is -0.339 e. The molecule has 0 unspecified atom stereocenters. The van der Waals surface area contributed by atoms with Gasteiger partial charge in [-0.1, -0.05) is 23.2 Å². The zero-order chi connectivity index (χ0) is 16.6. The molecule has 0 aliphatic heterocycles. The van der Waals surface area contributed by atoms with Crippen LogP contribution in [0.4, 0.5) is 24.7 Å². The molecule has 1 N–H and O–H groups in total. The first-order valence-corrected chi connectivity index (χ1v) is 7.74. The molecule has 23 heavy (non-hydrogen) atoms. The van der Waals surface area contributed by atoms with Gasteiger partial charge < -0.3 is 5.32 Å². The third-order valence-corrected chi connectivity index (χ3v) is 3.97. The summed E-state index contributed by atoms with van der Waals surface area (Å²) in [5, 5.41) is 3.13. The summed E-state index contributed by atoms with van der Waals surface area (Å²) < 4.78 is 37.9. The van der Waals surface area contributed by atoms with Gasteiger partial charge in [-0.25, -0.2) is 9.97 Å². The number of nitrogens with zero attached hydrogens (tertiary/aromatic N) is 2. The van der Waals surface area contributed by atoms with Crippen molar-refractivity contribution in [2.75, 3.05) is 5.32 Å². The third kappa shape index (κ3) is 4.26. The second kappa shape index (κ2) is 6.17. The summed E-state index contributed by atoms with van der Waals surface area (Å²) in [6.07, 6.45) is -1.37. The molecule has 3 nitrogen and oxygen atoms in total. The molecule has 8 heteroatoms. The van der Waals surface area contributed by atoms with Crippen LogP contribution in [0.15, 0.2) is 24.3 Å². The first-order chi connectivity index (χ1) is 10.8. The molecule has 1 aromatic heterocycles. The van der Waals surface area contributed by atoms with E-state index >= 15 is 0 Å². The highest BCUT2D eigenvalue weighted by molar-refractivity contribution is 6.33. The lowest BCUT2D eigenvalue weighted by Crippen LogP contribution is -2.06. The van der Waals surface area contributed by atoms with Crippen LogP contribution in [0.3, 0.4) is 0 Å². The van der Waals surface area contributed by atoms with Crippen molar-refractivity contribution in [2.45, 2.75) is 25.4 Å². The Bertz CT molecular complexity index is 730. The van der Waals surface area contributed by atoms with E-state index in [-0.39, 0.29) is 10.2 Å². The number of alkyl halides is 3. The van der Waals surface area contributed by atoms with Gasteiger partial charge in [-0.3, -0.25) is 0 Å². The Kier molecular flexibility index (Phi) is 4.38. The minimum atomic E-state index is -4.43. The Morgan fingerprint density at radius 3 is 2.48 bits per heavy atom. The van der Waals surface area contributed by atoms with Gasteiger partial charge in [0.1, 0.15) is 16.8 Å². The van der Waals surface area contributed by atoms with E-state index in [9.17, 15) is 13.2 Å². The number of rotatable bonds is 4. The van der Waals surface area contributed by atoms with E-state index in [0.29, 0.717) is 23.2 Å². The number of halogens is 5. The van der Waals surface area contributed by atoms with Gasteiger partial charge in [0.2, 0.25) is 0 Å². The molecule has 0 bridgehead atoms. The van der Waals surface area contributed by atoms with Crippen molar-refractivity contribution in [3.63, 3.8) is 0 Å². The van der Waals surface area contributed by atoms with Crippen LogP contribution in [-0.2, 0) is 12.6 Å². The third-order valence-electron chi connectivity index (χ3n) is 3.47. The van der Waals surface area contributed by atoms with Crippen molar-refractivity contribution in [1.82, 2.24) is 9.97 Å². The monoisotopic (exact) mass is 361 g/mol. The van der Waals surface area contributed by atoms with Crippen molar-refractivity contribution in [3.8, 4) is 0 Å². The van der Waals surface area contributed by atoms with Crippen LogP contribution in [0.25, 0.3) is 0 Å². The van der Waals surface area contributed by atoms with Gasteiger partial charge in [-0.05, 0) is 37.0 Å². The first kappa shape index (κ1) is 16.3. The van der Waals surface area contributed by atoms with Crippen molar-refractivity contribution in [3.05, 3.63) is 45.8 Å². The molecule has 1 heterocycles. The molecule has 0 saturated heterocycles. The molecule has 3 rings (SSSR count). The summed E-state index contributed by atoms with van der Waals surface area (Å²) in [4.78, 5) is 8.49. The topological polar surface area (TPSA) is 37.8 Å². The number of aromatic nitrogens is 2. The van der Waals surface area contributed by atoms with Crippen LogP contribution in [-0.4, -0.2) is 9.97 Å². The molecule has 1 saturated carbocycles. The maximum atomic E-state index is 12.6. The molecule has 2 aromatic rings. The molecule has 1 aliphatic carbocycles. The van der Waals surface area contributed by atoms with E-state index < -0.39 is 11.7 Å². The van der Waals surface area contributed by atoms with Gasteiger partial charge in [-0.15, -0.1) is 0 Å². The van der Waals surface area contributed by atoms with Crippen molar-refractivity contribution < 1.29 is 13.2 Å². The average Bonchev–Trinajstić information content (AvgIpc) is 3.23. The van der Waals surface area contributed by atoms with E-state index in [1.807, 2.05) is 0 Å². The largest absolute Gasteiger partial charge is 0.416 e. The summed E-state index contributed by atoms with van der Waals surface area (Å²) in [5.41, 5.74) is -0.477. The maximum absolute atomic E-state index is 12.6. The normalized spacial score (nSPS) is 14.8. The second-order valence-electron chi connectivity index (χ2n) is 5.46. The molecule has 0 spiro atoms. The van der Waals surface area contributed by atoms with Crippen molar-refractivity contribution in [2.24, 2.45) is 5.92 Å². The van der Waals surface area contributed by atoms with Crippen molar-refractivity contribution in [1.29, 1.82) is 0 Å². The fourth-order valence-electron chi connectivity index (χ4n) is 2.13. The van der Waals surface area contributed by atoms with E-state index in [1.54, 1.807) is 0 Å². The second-order valence-corrected chi connectivity index (χ2v) is 6.25. The van der Waals surface area contributed by atoms with Crippen molar-refractivity contribution >= 4 is 34.7 Å². The highest BCUT2D eigenvalue weighted by Gasteiger charge is 2.31. The Morgan fingerprint density at radius 2 is 1.87 bits per heavy atom. The summed E-state index contributed by atoms with van der Waals surface area (Å²) in [6, 6.07) is 4.60. The lowest BCUT2D eigenvalue weighted by atomic mass is 10.2. The van der Waals surface area contributed by atoms with Gasteiger partial charge in [0, 0.05) is 12.5 Å². The first-order valence-electron chi connectivity index (χ1n) is 6.98. The summed E-state index contributed by atoms with van der Waals surface area (Å²) in [7, 11) is 0. The zero-order valence-corrected chi connectivity index (χ0v) is 13.3. The molecule has 1 aromatic carbocycles. The predicted octanol–water partition coefficient (Wildman–Crippen LogP) is 5.50. The van der Waals surface area contributed by atoms with Crippen LogP contribution in [0.1, 0.15) is 24.2 Å². The summed E-state index contributed by atoms with van der Waals surface area (Å²) >= 11 is 11.9. The standard InChI is InChI=1S/C15H12Cl2F3N3/c16-10-6-9(15(18,19)20)3-4-11(10)21-14-7-12(17)22-13(23-14)5-8-1-2-8/h3-4,6-8H,1-2,5H2,(H,21,22,23). The quantitative estimate of drug-likeness (QED) is 0.730. The van der Waals surface area contributed by atoms with E-state index in [0.717, 1.165) is 31.4 Å². The lowest BCUT2D eigenvalue weighted by Gasteiger charge is -2.12. The summed E-state index contributed by atoms with van der Waals surface area (Å²) in [6.45, 7) is 0. The summed E-state index contributed by atoms with van der Waals surface area (Å²) in [5.74, 6) is 1.61. The van der Waals surface area contributed by atoms with Gasteiger partial charge in [-0.2, -0.15) is 13.2 Å². The Morgan fingerprint density at radius 1 is 1.13 bits per heavy atom. The van der Waals surface area contributed by atoms with E-state index in [4.69, 9.17) is 23.2 Å². The number of nitrogens with one attached hydrogen (secondary N) is 1. The number of hydrogen-bond donors (Lipinski definition) is 1. The lowest BCUT2D eigenvalue weighted by molar-refractivity contribution is -0.137. The molecule has 1 aliphatic rings. The number of hydrogen-bond acceptors (Lipinski definition) is 3. The van der Waals surface area contributed by atoms with Crippen LogP contribution >= 0.6 is 23.2 Å². The molecular formula is C15H12Cl2F3N3. The SMILES string of the molecule is FC(F)(F)c1ccc(Nc2cc(Cl)nc(CC3CC3)n2)c(Cl)c1. The van der Waals surface area contributed by atoms with Gasteiger partial charge in [0.25, 0.3) is 0 Å². The molecule has 0 atom stereocenters. The highest BCUT2D eigenvalue weighted by atomic mass is 35.5. The predicted molar refractivity (Wildman–Crippen MR) is 83.2 cm³/mol. The van der Waals surface area contributed by atoms with Crippen LogP contribution in [0.5, 0.6) is 0 Å². The van der Waals surface area contributed by atoms with Crippen LogP contribution in [0.2, 0.25) is 10.2 Å². The van der Waals surface area contributed by atoms with Crippen LogP contribution in [0, 0.1) is 5.92 Å². The Labute approximate surface area is 140 Å². The highest BCUT2D eigenvalue weighted by Crippen LogP contribution is 2.35. The Balaban J connectivity index is 1.82. The number of anilines is 2. The molecule has 0 amide bonds. The molecule has 122 valence electrons. The zero-order valence-electron chi connectivity index (χ0n) is 11.8. The van der Waals surface area contributed by atoms with Gasteiger partial charge >= 0.3 is 6.18 Å². The maximum Gasteiger partial charge on any atom is 0.416 e. The smallest absolute Gasteiger partial charge is 0.339 e. The van der Waals surface area contributed by atoms with E-state index in [1.165, 1.54) is 12.1 Å². The fourth-order valence-corrected chi connectivity index (χ4v) is 2.56. The average molecular weight is 362 g/mol. The van der Waals surface area contributed by atoms with Crippen LogP contribution < -0.4 is 5.32 Å². The number of benzene rings is 1. The van der Waals surface area contributed by atoms with Gasteiger partial charge in [0.15, 0.2) is 0 Å². The molecule has 1 fully saturated rings. The molecular weight excluding hydrogens is 350 g/mol. The van der Waals surface area contributed by atoms with Gasteiger partial charge in [0.05, 0.1) is 16.3 Å².